The normalized spacial score (nSPS) is 10.6. The first-order chi connectivity index (χ1) is 8.60. The molecule has 0 amide bonds. The number of methoxy groups -OCH3 is 1. The molecular formula is C13H13FN2O2. The molecule has 1 N–H and O–H groups in total. The monoisotopic (exact) mass is 248 g/mol. The number of nitrogens with one attached hydrogen (secondary N) is 1. The number of H-pyrrole nitrogens is 1. The highest BCUT2D eigenvalue weighted by atomic mass is 19.1. The lowest BCUT2D eigenvalue weighted by Gasteiger charge is -2.05. The van der Waals surface area contributed by atoms with Crippen LogP contribution in [0.1, 0.15) is 11.3 Å². The van der Waals surface area contributed by atoms with Crippen LogP contribution in [0.25, 0.3) is 11.4 Å². The van der Waals surface area contributed by atoms with E-state index in [1.807, 2.05) is 0 Å². The molecule has 2 rings (SSSR count). The van der Waals surface area contributed by atoms with E-state index in [1.165, 1.54) is 19.2 Å². The van der Waals surface area contributed by atoms with E-state index in [2.05, 4.69) is 9.97 Å². The van der Waals surface area contributed by atoms with Gasteiger partial charge in [-0.2, -0.15) is 0 Å². The summed E-state index contributed by atoms with van der Waals surface area (Å²) < 4.78 is 18.4. The van der Waals surface area contributed by atoms with Gasteiger partial charge in [0.1, 0.15) is 11.6 Å². The van der Waals surface area contributed by atoms with Crippen LogP contribution in [-0.4, -0.2) is 17.1 Å². The predicted octanol–water partition coefficient (Wildman–Crippen LogP) is 2.03. The van der Waals surface area contributed by atoms with Gasteiger partial charge in [-0.1, -0.05) is 12.1 Å². The van der Waals surface area contributed by atoms with E-state index >= 15 is 0 Å². The summed E-state index contributed by atoms with van der Waals surface area (Å²) in [6, 6.07) is 6.07. The van der Waals surface area contributed by atoms with Crippen molar-refractivity contribution in [2.24, 2.45) is 0 Å². The summed E-state index contributed by atoms with van der Waals surface area (Å²) in [5.41, 5.74) is 1.31. The molecule has 1 aromatic carbocycles. The topological polar surface area (TPSA) is 55.0 Å². The minimum atomic E-state index is -0.327. The quantitative estimate of drug-likeness (QED) is 0.904. The zero-order valence-electron chi connectivity index (χ0n) is 10.2. The maximum absolute atomic E-state index is 13.5. The Kier molecular flexibility index (Phi) is 3.53. The molecule has 0 unspecified atom stereocenters. The van der Waals surface area contributed by atoms with Gasteiger partial charge in [0, 0.05) is 18.7 Å². The minimum Gasteiger partial charge on any atom is -0.378 e. The fourth-order valence-corrected chi connectivity index (χ4v) is 1.61. The lowest BCUT2D eigenvalue weighted by molar-refractivity contribution is 0.181. The Hall–Kier alpha value is -2.01. The van der Waals surface area contributed by atoms with Crippen LogP contribution in [0.15, 0.2) is 29.1 Å². The van der Waals surface area contributed by atoms with Crippen molar-refractivity contribution >= 4 is 0 Å². The number of aromatic amines is 1. The maximum Gasteiger partial charge on any atom is 0.251 e. The van der Waals surface area contributed by atoms with Crippen molar-refractivity contribution in [3.63, 3.8) is 0 Å². The standard InChI is InChI=1S/C13H13FN2O2/c1-8-3-4-9(5-11(8)14)13-15-10(7-18-2)6-12(17)16-13/h3-6H,7H2,1-2H3,(H,15,16,17). The van der Waals surface area contributed by atoms with E-state index in [4.69, 9.17) is 4.74 Å². The van der Waals surface area contributed by atoms with E-state index in [1.54, 1.807) is 19.1 Å². The molecule has 18 heavy (non-hydrogen) atoms. The Labute approximate surface area is 103 Å². The highest BCUT2D eigenvalue weighted by molar-refractivity contribution is 5.55. The predicted molar refractivity (Wildman–Crippen MR) is 65.7 cm³/mol. The van der Waals surface area contributed by atoms with Crippen molar-refractivity contribution in [2.45, 2.75) is 13.5 Å². The van der Waals surface area contributed by atoms with Gasteiger partial charge in [-0.25, -0.2) is 9.37 Å². The third kappa shape index (κ3) is 2.62. The van der Waals surface area contributed by atoms with Gasteiger partial charge in [0.2, 0.25) is 0 Å². The van der Waals surface area contributed by atoms with Crippen molar-refractivity contribution in [1.29, 1.82) is 0 Å². The number of aromatic nitrogens is 2. The Morgan fingerprint density at radius 3 is 2.83 bits per heavy atom. The second-order valence-electron chi connectivity index (χ2n) is 3.98. The number of rotatable bonds is 3. The van der Waals surface area contributed by atoms with Crippen molar-refractivity contribution in [1.82, 2.24) is 9.97 Å². The van der Waals surface area contributed by atoms with Gasteiger partial charge in [-0.3, -0.25) is 4.79 Å². The van der Waals surface area contributed by atoms with Crippen LogP contribution in [0.5, 0.6) is 0 Å². The van der Waals surface area contributed by atoms with Crippen molar-refractivity contribution in [3.8, 4) is 11.4 Å². The third-order valence-electron chi connectivity index (χ3n) is 2.53. The number of hydrogen-bond acceptors (Lipinski definition) is 3. The van der Waals surface area contributed by atoms with E-state index in [9.17, 15) is 9.18 Å². The molecule has 0 radical (unpaired) electrons. The van der Waals surface area contributed by atoms with Gasteiger partial charge in [0.25, 0.3) is 5.56 Å². The molecule has 0 aliphatic carbocycles. The molecule has 0 saturated carbocycles. The van der Waals surface area contributed by atoms with Gasteiger partial charge in [0.05, 0.1) is 12.3 Å². The first-order valence-electron chi connectivity index (χ1n) is 5.46. The molecule has 2 aromatic rings. The summed E-state index contributed by atoms with van der Waals surface area (Å²) in [5.74, 6) is 0.0146. The first-order valence-corrected chi connectivity index (χ1v) is 5.46. The average Bonchev–Trinajstić information content (AvgIpc) is 2.32. The summed E-state index contributed by atoms with van der Waals surface area (Å²) in [4.78, 5) is 18.3. The van der Waals surface area contributed by atoms with Crippen LogP contribution >= 0.6 is 0 Å². The molecule has 1 aromatic heterocycles. The van der Waals surface area contributed by atoms with Gasteiger partial charge in [-0.05, 0) is 18.6 Å². The number of halogens is 1. The molecule has 94 valence electrons. The summed E-state index contributed by atoms with van der Waals surface area (Å²) in [6.45, 7) is 1.92. The van der Waals surface area contributed by atoms with E-state index in [-0.39, 0.29) is 18.0 Å². The molecule has 5 heteroatoms. The lowest BCUT2D eigenvalue weighted by Crippen LogP contribution is -2.11. The largest absolute Gasteiger partial charge is 0.378 e. The number of benzene rings is 1. The lowest BCUT2D eigenvalue weighted by atomic mass is 10.1. The highest BCUT2D eigenvalue weighted by Gasteiger charge is 2.06. The van der Waals surface area contributed by atoms with Gasteiger partial charge in [-0.15, -0.1) is 0 Å². The third-order valence-corrected chi connectivity index (χ3v) is 2.53. The van der Waals surface area contributed by atoms with Crippen molar-refractivity contribution in [3.05, 3.63) is 51.7 Å². The zero-order valence-corrected chi connectivity index (χ0v) is 10.2. The van der Waals surface area contributed by atoms with Crippen molar-refractivity contribution < 1.29 is 9.13 Å². The molecule has 1 heterocycles. The molecule has 0 aliphatic heterocycles. The van der Waals surface area contributed by atoms with E-state index in [0.717, 1.165) is 0 Å². The number of nitrogens with zero attached hydrogens (tertiary/aromatic N) is 1. The summed E-state index contributed by atoms with van der Waals surface area (Å²) in [6.07, 6.45) is 0. The number of hydrogen-bond donors (Lipinski definition) is 1. The Balaban J connectivity index is 2.49. The second kappa shape index (κ2) is 5.10. The molecule has 4 nitrogen and oxygen atoms in total. The van der Waals surface area contributed by atoms with Crippen LogP contribution in [0.4, 0.5) is 4.39 Å². The SMILES string of the molecule is COCc1cc(=O)[nH]c(-c2ccc(C)c(F)c2)n1. The van der Waals surface area contributed by atoms with E-state index < -0.39 is 0 Å². The maximum atomic E-state index is 13.5. The van der Waals surface area contributed by atoms with Crippen molar-refractivity contribution in [2.75, 3.05) is 7.11 Å². The number of ether oxygens (including phenoxy) is 1. The number of aryl methyl sites for hydroxylation is 1. The zero-order chi connectivity index (χ0) is 13.1. The molecule has 0 aliphatic rings. The molecule has 0 fully saturated rings. The average molecular weight is 248 g/mol. The van der Waals surface area contributed by atoms with Gasteiger partial charge < -0.3 is 9.72 Å². The summed E-state index contributed by atoms with van der Waals surface area (Å²) in [5, 5.41) is 0. The molecule has 0 spiro atoms. The molecule has 0 saturated heterocycles. The molecule has 0 bridgehead atoms. The van der Waals surface area contributed by atoms with Crippen LogP contribution in [-0.2, 0) is 11.3 Å². The Bertz CT molecular complexity index is 623. The highest BCUT2D eigenvalue weighted by Crippen LogP contribution is 2.17. The fourth-order valence-electron chi connectivity index (χ4n) is 1.61. The van der Waals surface area contributed by atoms with Gasteiger partial charge >= 0.3 is 0 Å². The van der Waals surface area contributed by atoms with Crippen LogP contribution in [0.2, 0.25) is 0 Å². The van der Waals surface area contributed by atoms with Crippen LogP contribution in [0, 0.1) is 12.7 Å². The van der Waals surface area contributed by atoms with Gasteiger partial charge in [0.15, 0.2) is 0 Å². The fraction of sp³-hybridized carbons (Fsp3) is 0.231. The van der Waals surface area contributed by atoms with Crippen LogP contribution < -0.4 is 5.56 Å². The Morgan fingerprint density at radius 1 is 1.39 bits per heavy atom. The van der Waals surface area contributed by atoms with E-state index in [0.29, 0.717) is 22.6 Å². The minimum absolute atomic E-state index is 0.241. The summed E-state index contributed by atoms with van der Waals surface area (Å²) in [7, 11) is 1.52. The first kappa shape index (κ1) is 12.4. The molecule has 0 atom stereocenters. The van der Waals surface area contributed by atoms with Crippen LogP contribution in [0.3, 0.4) is 0 Å². The summed E-state index contributed by atoms with van der Waals surface area (Å²) >= 11 is 0. The Morgan fingerprint density at radius 2 is 2.17 bits per heavy atom. The smallest absolute Gasteiger partial charge is 0.251 e. The second-order valence-corrected chi connectivity index (χ2v) is 3.98. The molecular weight excluding hydrogens is 235 g/mol.